The van der Waals surface area contributed by atoms with E-state index in [1.165, 1.54) is 0 Å². The quantitative estimate of drug-likeness (QED) is 0.648. The molecule has 0 unspecified atom stereocenters. The van der Waals surface area contributed by atoms with Gasteiger partial charge in [0.1, 0.15) is 5.75 Å². The van der Waals surface area contributed by atoms with E-state index in [4.69, 9.17) is 4.74 Å². The van der Waals surface area contributed by atoms with Crippen LogP contribution < -0.4 is 4.74 Å². The van der Waals surface area contributed by atoms with Crippen LogP contribution in [0.2, 0.25) is 0 Å². The van der Waals surface area contributed by atoms with Gasteiger partial charge in [-0.25, -0.2) is 0 Å². The normalized spacial score (nSPS) is 13.6. The smallest absolute Gasteiger partial charge is 0.264 e. The van der Waals surface area contributed by atoms with Crippen molar-refractivity contribution in [1.82, 2.24) is 9.88 Å². The van der Waals surface area contributed by atoms with E-state index in [1.54, 1.807) is 22.9 Å². The van der Waals surface area contributed by atoms with Gasteiger partial charge in [0.25, 0.3) is 5.91 Å². The summed E-state index contributed by atoms with van der Waals surface area (Å²) >= 11 is 1.57. The van der Waals surface area contributed by atoms with Gasteiger partial charge in [0.05, 0.1) is 18.7 Å². The lowest BCUT2D eigenvalue weighted by atomic mass is 10.0. The van der Waals surface area contributed by atoms with Crippen LogP contribution in [0.3, 0.4) is 0 Å². The molecular weight excluding hydrogens is 370 g/mol. The molecule has 3 aromatic rings. The fourth-order valence-corrected chi connectivity index (χ4v) is 4.23. The number of hydrogen-bond acceptors (Lipinski definition) is 5. The van der Waals surface area contributed by atoms with Gasteiger partial charge in [-0.2, -0.15) is 0 Å². The lowest BCUT2D eigenvalue weighted by molar-refractivity contribution is 0.0858. The summed E-state index contributed by atoms with van der Waals surface area (Å²) in [6, 6.07) is 15.7. The first-order valence-electron chi connectivity index (χ1n) is 9.30. The number of amidine groups is 1. The summed E-state index contributed by atoms with van der Waals surface area (Å²) in [4.78, 5) is 24.0. The summed E-state index contributed by atoms with van der Waals surface area (Å²) < 4.78 is 5.79. The van der Waals surface area contributed by atoms with E-state index >= 15 is 0 Å². The summed E-state index contributed by atoms with van der Waals surface area (Å²) in [5.41, 5.74) is 1.71. The van der Waals surface area contributed by atoms with E-state index in [-0.39, 0.29) is 5.91 Å². The van der Waals surface area contributed by atoms with Crippen molar-refractivity contribution in [3.8, 4) is 5.75 Å². The molecule has 142 valence electrons. The van der Waals surface area contributed by atoms with Gasteiger partial charge >= 0.3 is 0 Å². The lowest BCUT2D eigenvalue weighted by Gasteiger charge is -2.21. The first-order chi connectivity index (χ1) is 13.8. The Morgan fingerprint density at radius 3 is 2.89 bits per heavy atom. The van der Waals surface area contributed by atoms with E-state index in [2.05, 4.69) is 9.98 Å². The number of fused-ring (bicyclic) bond motifs is 1. The first-order valence-corrected chi connectivity index (χ1v) is 10.3. The molecule has 1 aromatic heterocycles. The van der Waals surface area contributed by atoms with Crippen molar-refractivity contribution in [2.75, 3.05) is 19.7 Å². The molecule has 4 rings (SSSR count). The molecule has 6 heteroatoms. The molecule has 0 atom stereocenters. The number of aliphatic imine (C=N–C) groups is 1. The molecule has 5 nitrogen and oxygen atoms in total. The molecule has 1 aliphatic heterocycles. The van der Waals surface area contributed by atoms with Gasteiger partial charge in [-0.1, -0.05) is 48.2 Å². The first kappa shape index (κ1) is 18.5. The van der Waals surface area contributed by atoms with E-state index in [0.29, 0.717) is 31.0 Å². The van der Waals surface area contributed by atoms with E-state index < -0.39 is 0 Å². The van der Waals surface area contributed by atoms with Gasteiger partial charge in [0.15, 0.2) is 5.17 Å². The molecule has 0 N–H and O–H groups in total. The molecule has 0 saturated heterocycles. The van der Waals surface area contributed by atoms with Crippen molar-refractivity contribution in [2.24, 2.45) is 4.99 Å². The number of ether oxygens (including phenoxy) is 1. The van der Waals surface area contributed by atoms with Crippen molar-refractivity contribution >= 4 is 33.6 Å². The second kappa shape index (κ2) is 8.44. The average molecular weight is 391 g/mol. The molecule has 2 aromatic carbocycles. The highest BCUT2D eigenvalue weighted by molar-refractivity contribution is 8.13. The summed E-state index contributed by atoms with van der Waals surface area (Å²) in [6.45, 7) is 3.64. The molecule has 2 heterocycles. The Morgan fingerprint density at radius 2 is 2.07 bits per heavy atom. The maximum Gasteiger partial charge on any atom is 0.264 e. The number of carbonyl (C=O) groups excluding carboxylic acids is 1. The second-order valence-corrected chi connectivity index (χ2v) is 7.31. The van der Waals surface area contributed by atoms with Crippen molar-refractivity contribution in [3.63, 3.8) is 0 Å². The Hall–Kier alpha value is -2.86. The topological polar surface area (TPSA) is 54.8 Å². The number of hydrogen-bond donors (Lipinski definition) is 0. The molecule has 0 saturated carbocycles. The summed E-state index contributed by atoms with van der Waals surface area (Å²) in [7, 11) is 0. The van der Waals surface area contributed by atoms with Crippen LogP contribution in [-0.2, 0) is 5.75 Å². The minimum atomic E-state index is -0.0600. The molecule has 1 amide bonds. The van der Waals surface area contributed by atoms with E-state index in [0.717, 1.165) is 27.3 Å². The minimum absolute atomic E-state index is 0.0600. The van der Waals surface area contributed by atoms with Crippen molar-refractivity contribution in [2.45, 2.75) is 12.7 Å². The monoisotopic (exact) mass is 391 g/mol. The Bertz CT molecular complexity index is 1020. The van der Waals surface area contributed by atoms with Crippen LogP contribution in [0.5, 0.6) is 5.75 Å². The number of thioether (sulfide) groups is 1. The SMILES string of the molecule is CCOc1ccc2ccccc2c1C(=O)N1CCN=C1SCc1cccnc1. The number of carbonyl (C=O) groups is 1. The maximum atomic E-state index is 13.5. The van der Waals surface area contributed by atoms with Gasteiger partial charge in [-0.15, -0.1) is 0 Å². The second-order valence-electron chi connectivity index (χ2n) is 6.36. The summed E-state index contributed by atoms with van der Waals surface area (Å²) in [5, 5.41) is 2.68. The standard InChI is InChI=1S/C22H21N3O2S/c1-2-27-19-10-9-17-7-3-4-8-18(17)20(19)21(26)25-13-12-24-22(25)28-15-16-6-5-11-23-14-16/h3-11,14H,2,12-13,15H2,1H3. The minimum Gasteiger partial charge on any atom is -0.493 e. The Labute approximate surface area is 168 Å². The van der Waals surface area contributed by atoms with Crippen molar-refractivity contribution in [3.05, 3.63) is 72.1 Å². The number of benzene rings is 2. The molecule has 0 aliphatic carbocycles. The molecule has 0 spiro atoms. The zero-order valence-corrected chi connectivity index (χ0v) is 16.5. The van der Waals surface area contributed by atoms with Gasteiger partial charge in [-0.3, -0.25) is 19.7 Å². The van der Waals surface area contributed by atoms with Crippen LogP contribution in [0.15, 0.2) is 65.9 Å². The largest absolute Gasteiger partial charge is 0.493 e. The molecule has 28 heavy (non-hydrogen) atoms. The zero-order valence-electron chi connectivity index (χ0n) is 15.7. The lowest BCUT2D eigenvalue weighted by Crippen LogP contribution is -2.33. The number of aromatic nitrogens is 1. The molecule has 0 fully saturated rings. The van der Waals surface area contributed by atoms with Crippen LogP contribution >= 0.6 is 11.8 Å². The molecular formula is C22H21N3O2S. The van der Waals surface area contributed by atoms with Crippen LogP contribution in [0.25, 0.3) is 10.8 Å². The fraction of sp³-hybridized carbons (Fsp3) is 0.227. The number of pyridine rings is 1. The average Bonchev–Trinajstić information content (AvgIpc) is 3.21. The van der Waals surface area contributed by atoms with Crippen LogP contribution in [0.4, 0.5) is 0 Å². The third kappa shape index (κ3) is 3.73. The van der Waals surface area contributed by atoms with Gasteiger partial charge in [-0.05, 0) is 35.4 Å². The van der Waals surface area contributed by atoms with Crippen LogP contribution in [0.1, 0.15) is 22.8 Å². The number of nitrogens with zero attached hydrogens (tertiary/aromatic N) is 3. The summed E-state index contributed by atoms with van der Waals surface area (Å²) in [5.74, 6) is 1.29. The maximum absolute atomic E-state index is 13.5. The highest BCUT2D eigenvalue weighted by Crippen LogP contribution is 2.31. The Kier molecular flexibility index (Phi) is 5.58. The highest BCUT2D eigenvalue weighted by atomic mass is 32.2. The number of rotatable bonds is 5. The third-order valence-corrected chi connectivity index (χ3v) is 5.63. The van der Waals surface area contributed by atoms with E-state index in [1.807, 2.05) is 61.7 Å². The number of amides is 1. The zero-order chi connectivity index (χ0) is 19.3. The Morgan fingerprint density at radius 1 is 1.18 bits per heavy atom. The Balaban J connectivity index is 1.63. The van der Waals surface area contributed by atoms with Gasteiger partial charge in [0, 0.05) is 24.7 Å². The fourth-order valence-electron chi connectivity index (χ4n) is 3.25. The van der Waals surface area contributed by atoms with Crippen molar-refractivity contribution < 1.29 is 9.53 Å². The predicted octanol–water partition coefficient (Wildman–Crippen LogP) is 4.38. The molecule has 0 bridgehead atoms. The predicted molar refractivity (Wildman–Crippen MR) is 114 cm³/mol. The highest BCUT2D eigenvalue weighted by Gasteiger charge is 2.28. The summed E-state index contributed by atoms with van der Waals surface area (Å²) in [6.07, 6.45) is 3.60. The van der Waals surface area contributed by atoms with E-state index in [9.17, 15) is 4.79 Å². The van der Waals surface area contributed by atoms with Crippen molar-refractivity contribution in [1.29, 1.82) is 0 Å². The van der Waals surface area contributed by atoms with Crippen LogP contribution in [-0.4, -0.2) is 40.7 Å². The third-order valence-electron chi connectivity index (χ3n) is 4.54. The molecule has 1 aliphatic rings. The van der Waals surface area contributed by atoms with Crippen LogP contribution in [0, 0.1) is 0 Å². The van der Waals surface area contributed by atoms with Gasteiger partial charge < -0.3 is 4.74 Å². The molecule has 0 radical (unpaired) electrons. The van der Waals surface area contributed by atoms with Gasteiger partial charge in [0.2, 0.25) is 0 Å².